The summed E-state index contributed by atoms with van der Waals surface area (Å²) in [5.41, 5.74) is -1.15. The van der Waals surface area contributed by atoms with E-state index in [9.17, 15) is 14.4 Å². The number of amides is 4. The van der Waals surface area contributed by atoms with Crippen LogP contribution >= 0.6 is 0 Å². The molecule has 1 heterocycles. The van der Waals surface area contributed by atoms with Gasteiger partial charge in [-0.05, 0) is 19.8 Å². The summed E-state index contributed by atoms with van der Waals surface area (Å²) >= 11 is 0. The van der Waals surface area contributed by atoms with Crippen LogP contribution in [0.25, 0.3) is 0 Å². The molecule has 84 valence electrons. The van der Waals surface area contributed by atoms with E-state index in [1.807, 2.05) is 13.8 Å². The number of barbiturate groups is 1. The third-order valence-electron chi connectivity index (χ3n) is 2.36. The highest BCUT2D eigenvalue weighted by Gasteiger charge is 2.46. The van der Waals surface area contributed by atoms with Crippen LogP contribution < -0.4 is 5.32 Å². The second-order valence-electron chi connectivity index (χ2n) is 4.69. The first-order valence-corrected chi connectivity index (χ1v) is 4.94. The number of rotatable bonds is 2. The Balaban J connectivity index is 2.94. The average molecular weight is 212 g/mol. The number of urea groups is 1. The summed E-state index contributed by atoms with van der Waals surface area (Å²) in [7, 11) is 0. The molecule has 1 aliphatic heterocycles. The van der Waals surface area contributed by atoms with Crippen molar-refractivity contribution in [3.63, 3.8) is 0 Å². The largest absolute Gasteiger partial charge is 0.330 e. The summed E-state index contributed by atoms with van der Waals surface area (Å²) < 4.78 is 0. The van der Waals surface area contributed by atoms with Crippen LogP contribution in [0, 0.1) is 11.3 Å². The fourth-order valence-corrected chi connectivity index (χ4v) is 1.38. The van der Waals surface area contributed by atoms with Crippen molar-refractivity contribution < 1.29 is 14.4 Å². The zero-order valence-corrected chi connectivity index (χ0v) is 9.46. The molecule has 1 fully saturated rings. The molecule has 0 aliphatic carbocycles. The van der Waals surface area contributed by atoms with Crippen molar-refractivity contribution in [2.45, 2.75) is 27.7 Å². The molecule has 0 aromatic carbocycles. The maximum atomic E-state index is 11.8. The minimum absolute atomic E-state index is 0.184. The van der Waals surface area contributed by atoms with Crippen LogP contribution in [0.1, 0.15) is 27.7 Å². The van der Waals surface area contributed by atoms with E-state index in [1.54, 1.807) is 0 Å². The summed E-state index contributed by atoms with van der Waals surface area (Å²) in [6.45, 7) is 7.18. The Hall–Kier alpha value is -1.39. The first-order chi connectivity index (χ1) is 6.76. The lowest BCUT2D eigenvalue weighted by atomic mass is 9.88. The minimum Gasteiger partial charge on any atom is -0.277 e. The number of nitrogens with one attached hydrogen (secondary N) is 1. The molecule has 0 saturated carbocycles. The molecule has 1 aliphatic rings. The zero-order chi connectivity index (χ0) is 11.8. The molecular weight excluding hydrogens is 196 g/mol. The first kappa shape index (κ1) is 11.7. The van der Waals surface area contributed by atoms with Crippen LogP contribution in [0.4, 0.5) is 4.79 Å². The van der Waals surface area contributed by atoms with Gasteiger partial charge in [0.05, 0.1) is 0 Å². The van der Waals surface area contributed by atoms with Gasteiger partial charge in [-0.1, -0.05) is 13.8 Å². The number of carbonyl (C=O) groups is 3. The summed E-state index contributed by atoms with van der Waals surface area (Å²) in [5.74, 6) is -0.772. The number of hydrogen-bond donors (Lipinski definition) is 1. The van der Waals surface area contributed by atoms with Gasteiger partial charge in [0.25, 0.3) is 0 Å². The standard InChI is InChI=1S/C10H16N2O3/c1-6(2)5-12-8(14)10(3,4)7(13)11-9(12)15/h6H,5H2,1-4H3,(H,11,13,15). The van der Waals surface area contributed by atoms with E-state index in [0.29, 0.717) is 6.54 Å². The number of carbonyl (C=O) groups excluding carboxylic acids is 3. The van der Waals surface area contributed by atoms with Crippen LogP contribution in [-0.4, -0.2) is 29.3 Å². The number of hydrogen-bond acceptors (Lipinski definition) is 3. The van der Waals surface area contributed by atoms with Gasteiger partial charge in [-0.2, -0.15) is 0 Å². The molecule has 1 N–H and O–H groups in total. The SMILES string of the molecule is CC(C)CN1C(=O)NC(=O)C(C)(C)C1=O. The first-order valence-electron chi connectivity index (χ1n) is 4.94. The monoisotopic (exact) mass is 212 g/mol. The van der Waals surface area contributed by atoms with Gasteiger partial charge in [0, 0.05) is 6.54 Å². The van der Waals surface area contributed by atoms with E-state index < -0.39 is 23.3 Å². The molecule has 0 aromatic rings. The fraction of sp³-hybridized carbons (Fsp3) is 0.700. The quantitative estimate of drug-likeness (QED) is 0.687. The van der Waals surface area contributed by atoms with Crippen molar-refractivity contribution in [3.05, 3.63) is 0 Å². The van der Waals surface area contributed by atoms with Crippen LogP contribution in [-0.2, 0) is 9.59 Å². The maximum absolute atomic E-state index is 11.8. The number of imide groups is 2. The van der Waals surface area contributed by atoms with E-state index in [0.717, 1.165) is 4.90 Å². The molecule has 4 amide bonds. The Morgan fingerprint density at radius 2 is 1.80 bits per heavy atom. The van der Waals surface area contributed by atoms with Crippen molar-refractivity contribution in [3.8, 4) is 0 Å². The molecule has 0 radical (unpaired) electrons. The van der Waals surface area contributed by atoms with Gasteiger partial charge in [-0.25, -0.2) is 4.79 Å². The lowest BCUT2D eigenvalue weighted by Crippen LogP contribution is -2.62. The molecule has 0 unspecified atom stereocenters. The Labute approximate surface area is 88.8 Å². The second-order valence-corrected chi connectivity index (χ2v) is 4.69. The molecule has 0 spiro atoms. The molecule has 5 heteroatoms. The Bertz CT molecular complexity index is 321. The van der Waals surface area contributed by atoms with E-state index in [4.69, 9.17) is 0 Å². The van der Waals surface area contributed by atoms with Crippen molar-refractivity contribution in [1.82, 2.24) is 10.2 Å². The predicted molar refractivity (Wildman–Crippen MR) is 53.9 cm³/mol. The van der Waals surface area contributed by atoms with E-state index in [2.05, 4.69) is 5.32 Å². The fourth-order valence-electron chi connectivity index (χ4n) is 1.38. The van der Waals surface area contributed by atoms with E-state index in [1.165, 1.54) is 13.8 Å². The summed E-state index contributed by atoms with van der Waals surface area (Å²) in [5, 5.41) is 2.18. The van der Waals surface area contributed by atoms with Gasteiger partial charge in [-0.15, -0.1) is 0 Å². The maximum Gasteiger partial charge on any atom is 0.330 e. The van der Waals surface area contributed by atoms with Crippen LogP contribution in [0.3, 0.4) is 0 Å². The summed E-state index contributed by atoms with van der Waals surface area (Å²) in [6.07, 6.45) is 0. The molecule has 0 atom stereocenters. The lowest BCUT2D eigenvalue weighted by Gasteiger charge is -2.35. The third-order valence-corrected chi connectivity index (χ3v) is 2.36. The molecule has 1 rings (SSSR count). The van der Waals surface area contributed by atoms with Crippen LogP contribution in [0.5, 0.6) is 0 Å². The smallest absolute Gasteiger partial charge is 0.277 e. The van der Waals surface area contributed by atoms with Crippen molar-refractivity contribution in [2.24, 2.45) is 11.3 Å². The second kappa shape index (κ2) is 3.64. The molecule has 0 aromatic heterocycles. The van der Waals surface area contributed by atoms with E-state index >= 15 is 0 Å². The van der Waals surface area contributed by atoms with Gasteiger partial charge >= 0.3 is 6.03 Å². The number of nitrogens with zero attached hydrogens (tertiary/aromatic N) is 1. The van der Waals surface area contributed by atoms with Crippen molar-refractivity contribution in [1.29, 1.82) is 0 Å². The van der Waals surface area contributed by atoms with Gasteiger partial charge < -0.3 is 0 Å². The predicted octanol–water partition coefficient (Wildman–Crippen LogP) is 0.747. The highest BCUT2D eigenvalue weighted by Crippen LogP contribution is 2.23. The van der Waals surface area contributed by atoms with Gasteiger partial charge in [0.15, 0.2) is 0 Å². The van der Waals surface area contributed by atoms with Crippen LogP contribution in [0.15, 0.2) is 0 Å². The van der Waals surface area contributed by atoms with Gasteiger partial charge in [-0.3, -0.25) is 19.8 Å². The molecule has 0 bridgehead atoms. The third kappa shape index (κ3) is 2.00. The zero-order valence-electron chi connectivity index (χ0n) is 9.46. The van der Waals surface area contributed by atoms with Crippen molar-refractivity contribution in [2.75, 3.05) is 6.54 Å². The lowest BCUT2D eigenvalue weighted by molar-refractivity contribution is -0.149. The van der Waals surface area contributed by atoms with Crippen molar-refractivity contribution >= 4 is 17.8 Å². The van der Waals surface area contributed by atoms with Gasteiger partial charge in [0.1, 0.15) is 5.41 Å². The van der Waals surface area contributed by atoms with Gasteiger partial charge in [0.2, 0.25) is 11.8 Å². The minimum atomic E-state index is -1.15. The topological polar surface area (TPSA) is 66.5 Å². The van der Waals surface area contributed by atoms with Crippen LogP contribution in [0.2, 0.25) is 0 Å². The average Bonchev–Trinajstić information content (AvgIpc) is 2.10. The Morgan fingerprint density at radius 1 is 1.27 bits per heavy atom. The molecule has 15 heavy (non-hydrogen) atoms. The highest BCUT2D eigenvalue weighted by atomic mass is 16.2. The molecule has 1 saturated heterocycles. The van der Waals surface area contributed by atoms with E-state index in [-0.39, 0.29) is 5.92 Å². The Kier molecular flexibility index (Phi) is 2.83. The Morgan fingerprint density at radius 3 is 2.27 bits per heavy atom. The summed E-state index contributed by atoms with van der Waals surface area (Å²) in [6, 6.07) is -0.613. The summed E-state index contributed by atoms with van der Waals surface area (Å²) in [4.78, 5) is 35.8. The highest BCUT2D eigenvalue weighted by molar-refractivity contribution is 6.18. The molecular formula is C10H16N2O3. The molecule has 5 nitrogen and oxygen atoms in total. The normalized spacial score (nSPS) is 20.9.